The average Bonchev–Trinajstić information content (AvgIpc) is 2.51. The van der Waals surface area contributed by atoms with Gasteiger partial charge >= 0.3 is 53.6 Å². The van der Waals surface area contributed by atoms with Crippen LogP contribution in [0.1, 0.15) is 0 Å². The summed E-state index contributed by atoms with van der Waals surface area (Å²) < 4.78 is 220. The van der Waals surface area contributed by atoms with E-state index in [9.17, 15) is 79.4 Å². The Morgan fingerprint density at radius 3 is 0.966 bits per heavy atom. The van der Waals surface area contributed by atoms with Gasteiger partial charge in [-0.25, -0.2) is 4.79 Å². The van der Waals surface area contributed by atoms with Gasteiger partial charge in [0.1, 0.15) is 0 Å². The van der Waals surface area contributed by atoms with E-state index in [0.29, 0.717) is 0 Å². The highest BCUT2D eigenvalue weighted by Gasteiger charge is 2.95. The Labute approximate surface area is 146 Å². The molecule has 19 heteroatoms. The maximum absolute atomic E-state index is 13.2. The topological polar surface area (TPSA) is 26.3 Å². The van der Waals surface area contributed by atoms with E-state index in [-0.39, 0.29) is 7.11 Å². The van der Waals surface area contributed by atoms with Crippen LogP contribution in [0.4, 0.5) is 74.6 Å². The van der Waals surface area contributed by atoms with E-state index in [1.165, 1.54) is 0 Å². The number of rotatable bonds is 7. The van der Waals surface area contributed by atoms with E-state index < -0.39 is 53.6 Å². The minimum atomic E-state index is -8.72. The first-order valence-electron chi connectivity index (χ1n) is 6.03. The number of hydrogen-bond acceptors (Lipinski definition) is 2. The van der Waals surface area contributed by atoms with E-state index in [0.717, 1.165) is 0 Å². The number of methoxy groups -OCH3 is 1. The molecule has 2 nitrogen and oxygen atoms in total. The second-order valence-corrected chi connectivity index (χ2v) is 5.01. The third-order valence-corrected chi connectivity index (χ3v) is 3.16. The van der Waals surface area contributed by atoms with Crippen LogP contribution in [0.25, 0.3) is 0 Å². The molecule has 0 N–H and O–H groups in total. The first kappa shape index (κ1) is 27.3. The predicted molar refractivity (Wildman–Crippen MR) is 52.7 cm³/mol. The molecule has 0 saturated carbocycles. The van der Waals surface area contributed by atoms with Crippen molar-refractivity contribution < 1.29 is 84.2 Å². The van der Waals surface area contributed by atoms with Gasteiger partial charge in [0.05, 0.1) is 7.11 Å². The van der Waals surface area contributed by atoms with Crippen molar-refractivity contribution in [3.63, 3.8) is 0 Å². The summed E-state index contributed by atoms with van der Waals surface area (Å²) in [6.45, 7) is 0. The molecule has 0 spiro atoms. The number of esters is 1. The van der Waals surface area contributed by atoms with Crippen LogP contribution in [0.2, 0.25) is 0 Å². The van der Waals surface area contributed by atoms with Crippen LogP contribution in [0.5, 0.6) is 0 Å². The number of alkyl halides is 17. The third-order valence-electron chi connectivity index (χ3n) is 3.16. The van der Waals surface area contributed by atoms with Gasteiger partial charge in [-0.15, -0.1) is 0 Å². The summed E-state index contributed by atoms with van der Waals surface area (Å²) in [4.78, 5) is 10.4. The van der Waals surface area contributed by atoms with Crippen LogP contribution in [0.3, 0.4) is 0 Å². The van der Waals surface area contributed by atoms with E-state index in [2.05, 4.69) is 4.74 Å². The lowest BCUT2D eigenvalue weighted by Gasteiger charge is -2.42. The fourth-order valence-corrected chi connectivity index (χ4v) is 1.42. The lowest BCUT2D eigenvalue weighted by Crippen LogP contribution is -2.75. The zero-order chi connectivity index (χ0) is 24.3. The van der Waals surface area contributed by atoms with Crippen molar-refractivity contribution in [3.05, 3.63) is 0 Å². The molecule has 0 bridgehead atoms. The highest BCUT2D eigenvalue weighted by atomic mass is 19.4. The fourth-order valence-electron chi connectivity index (χ4n) is 1.42. The standard InChI is InChI=1S/C10H3F17O2/c1-29-2(28)3(11,12)4(13,14)5(15,16)6(17,18)7(19,20)8(21,22)9(23,24)10(25,26)27/h1H3. The molecule has 0 heterocycles. The van der Waals surface area contributed by atoms with Gasteiger partial charge in [0.25, 0.3) is 0 Å². The lowest BCUT2D eigenvalue weighted by molar-refractivity contribution is -0.460. The lowest BCUT2D eigenvalue weighted by atomic mass is 9.89. The molecule has 0 aromatic carbocycles. The minimum Gasteiger partial charge on any atom is -0.464 e. The van der Waals surface area contributed by atoms with Crippen LogP contribution in [0, 0.1) is 0 Å². The van der Waals surface area contributed by atoms with E-state index in [1.807, 2.05) is 0 Å². The molecule has 0 unspecified atom stereocenters. The first-order chi connectivity index (χ1) is 12.2. The van der Waals surface area contributed by atoms with Crippen LogP contribution >= 0.6 is 0 Å². The van der Waals surface area contributed by atoms with Crippen molar-refractivity contribution in [2.24, 2.45) is 0 Å². The average molecular weight is 478 g/mol. The Morgan fingerprint density at radius 2 is 0.724 bits per heavy atom. The molecule has 0 aromatic heterocycles. The van der Waals surface area contributed by atoms with Crippen LogP contribution in [0.15, 0.2) is 0 Å². The van der Waals surface area contributed by atoms with Crippen molar-refractivity contribution in [2.75, 3.05) is 7.11 Å². The maximum Gasteiger partial charge on any atom is 0.460 e. The number of ether oxygens (including phenoxy) is 1. The molecule has 0 atom stereocenters. The van der Waals surface area contributed by atoms with Gasteiger partial charge in [0, 0.05) is 0 Å². The largest absolute Gasteiger partial charge is 0.464 e. The number of hydrogen-bond donors (Lipinski definition) is 0. The molecule has 0 amide bonds. The molecular weight excluding hydrogens is 475 g/mol. The summed E-state index contributed by atoms with van der Waals surface area (Å²) in [5.74, 6) is -61.8. The Kier molecular flexibility index (Phi) is 6.25. The van der Waals surface area contributed by atoms with Crippen LogP contribution in [-0.4, -0.2) is 60.7 Å². The zero-order valence-corrected chi connectivity index (χ0v) is 12.7. The SMILES string of the molecule is COC(=O)C(F)(F)C(F)(F)C(F)(F)C(F)(F)C(F)(F)C(F)(F)C(F)(F)C(F)(F)F. The predicted octanol–water partition coefficient (Wildman–Crippen LogP) is 5.17. The number of carbonyl (C=O) groups excluding carboxylic acids is 1. The van der Waals surface area contributed by atoms with Crippen molar-refractivity contribution >= 4 is 5.97 Å². The summed E-state index contributed by atoms with van der Waals surface area (Å²) >= 11 is 0. The highest BCUT2D eigenvalue weighted by molar-refractivity contribution is 5.79. The Balaban J connectivity index is 6.77. The van der Waals surface area contributed by atoms with Gasteiger partial charge < -0.3 is 4.74 Å². The molecule has 174 valence electrons. The van der Waals surface area contributed by atoms with Crippen LogP contribution in [-0.2, 0) is 9.53 Å². The highest BCUT2D eigenvalue weighted by Crippen LogP contribution is 2.63. The molecule has 0 aliphatic rings. The molecule has 0 saturated heterocycles. The maximum atomic E-state index is 13.2. The molecule has 0 rings (SSSR count). The summed E-state index contributed by atoms with van der Waals surface area (Å²) in [6, 6.07) is 0. The molecular formula is C10H3F17O2. The second-order valence-electron chi connectivity index (χ2n) is 5.01. The second kappa shape index (κ2) is 6.64. The summed E-state index contributed by atoms with van der Waals surface area (Å²) in [5, 5.41) is 0. The molecule has 0 radical (unpaired) electrons. The normalized spacial score (nSPS) is 16.1. The van der Waals surface area contributed by atoms with Crippen molar-refractivity contribution in [2.45, 2.75) is 47.6 Å². The van der Waals surface area contributed by atoms with Gasteiger partial charge in [0.2, 0.25) is 0 Å². The summed E-state index contributed by atoms with van der Waals surface area (Å²) in [6.07, 6.45) is -7.82. The third kappa shape index (κ3) is 3.23. The first-order valence-corrected chi connectivity index (χ1v) is 6.03. The van der Waals surface area contributed by atoms with E-state index >= 15 is 0 Å². The minimum absolute atomic E-state index is 0.241. The Morgan fingerprint density at radius 1 is 0.483 bits per heavy atom. The van der Waals surface area contributed by atoms with E-state index in [4.69, 9.17) is 0 Å². The van der Waals surface area contributed by atoms with Crippen molar-refractivity contribution in [1.29, 1.82) is 0 Å². The number of halogens is 17. The number of carbonyl (C=O) groups is 1. The fraction of sp³-hybridized carbons (Fsp3) is 0.900. The Bertz CT molecular complexity index is 631. The monoisotopic (exact) mass is 478 g/mol. The van der Waals surface area contributed by atoms with Gasteiger partial charge in [0.15, 0.2) is 0 Å². The van der Waals surface area contributed by atoms with Crippen LogP contribution < -0.4 is 0 Å². The van der Waals surface area contributed by atoms with Crippen molar-refractivity contribution in [3.8, 4) is 0 Å². The molecule has 0 aromatic rings. The van der Waals surface area contributed by atoms with E-state index in [1.54, 1.807) is 0 Å². The Hall–Kier alpha value is -1.72. The van der Waals surface area contributed by atoms with Gasteiger partial charge in [-0.05, 0) is 0 Å². The zero-order valence-electron chi connectivity index (χ0n) is 12.7. The van der Waals surface area contributed by atoms with Gasteiger partial charge in [-0.1, -0.05) is 0 Å². The molecule has 0 fully saturated rings. The van der Waals surface area contributed by atoms with Gasteiger partial charge in [-0.3, -0.25) is 0 Å². The quantitative estimate of drug-likeness (QED) is 0.373. The molecule has 29 heavy (non-hydrogen) atoms. The van der Waals surface area contributed by atoms with Crippen molar-refractivity contribution in [1.82, 2.24) is 0 Å². The summed E-state index contributed by atoms with van der Waals surface area (Å²) in [7, 11) is -0.241. The van der Waals surface area contributed by atoms with Gasteiger partial charge in [-0.2, -0.15) is 74.6 Å². The summed E-state index contributed by atoms with van der Waals surface area (Å²) in [5.41, 5.74) is 0. The molecule has 0 aliphatic heterocycles. The molecule has 0 aliphatic carbocycles. The smallest absolute Gasteiger partial charge is 0.460 e.